The highest BCUT2D eigenvalue weighted by molar-refractivity contribution is 7.13. The van der Waals surface area contributed by atoms with E-state index >= 15 is 0 Å². The SMILES string of the molecule is Cc1ncsc1-c1ccc(COC(N)=O)c(F)c1. The van der Waals surface area contributed by atoms with Gasteiger partial charge >= 0.3 is 6.09 Å². The number of aromatic nitrogens is 1. The smallest absolute Gasteiger partial charge is 0.404 e. The van der Waals surface area contributed by atoms with E-state index in [0.717, 1.165) is 16.1 Å². The third-order valence-corrected chi connectivity index (χ3v) is 3.41. The van der Waals surface area contributed by atoms with Crippen LogP contribution in [0, 0.1) is 12.7 Å². The van der Waals surface area contributed by atoms with Gasteiger partial charge in [0, 0.05) is 5.56 Å². The van der Waals surface area contributed by atoms with E-state index in [1.165, 1.54) is 17.4 Å². The van der Waals surface area contributed by atoms with Gasteiger partial charge in [-0.1, -0.05) is 12.1 Å². The van der Waals surface area contributed by atoms with E-state index in [9.17, 15) is 9.18 Å². The Morgan fingerprint density at radius 2 is 2.33 bits per heavy atom. The number of carbonyl (C=O) groups is 1. The molecule has 1 heterocycles. The summed E-state index contributed by atoms with van der Waals surface area (Å²) in [6, 6.07) is 4.75. The molecule has 0 aliphatic carbocycles. The standard InChI is InChI=1S/C12H11FN2O2S/c1-7-11(18-6-15-7)8-2-3-9(10(13)4-8)5-17-12(14)16/h2-4,6H,5H2,1H3,(H2,14,16). The molecule has 0 unspecified atom stereocenters. The van der Waals surface area contributed by atoms with E-state index in [4.69, 9.17) is 5.73 Å². The number of hydrogen-bond donors (Lipinski definition) is 1. The number of hydrogen-bond acceptors (Lipinski definition) is 4. The van der Waals surface area contributed by atoms with Crippen molar-refractivity contribution in [2.45, 2.75) is 13.5 Å². The maximum absolute atomic E-state index is 13.8. The lowest BCUT2D eigenvalue weighted by Crippen LogP contribution is -2.13. The Morgan fingerprint density at radius 3 is 2.89 bits per heavy atom. The molecule has 1 aromatic carbocycles. The minimum Gasteiger partial charge on any atom is -0.445 e. The molecule has 1 aromatic heterocycles. The Balaban J connectivity index is 2.25. The number of halogens is 1. The van der Waals surface area contributed by atoms with Gasteiger partial charge in [0.25, 0.3) is 0 Å². The van der Waals surface area contributed by atoms with Crippen molar-refractivity contribution < 1.29 is 13.9 Å². The van der Waals surface area contributed by atoms with Crippen molar-refractivity contribution in [3.63, 3.8) is 0 Å². The molecule has 2 N–H and O–H groups in total. The molecule has 0 aliphatic rings. The van der Waals surface area contributed by atoms with Gasteiger partial charge < -0.3 is 10.5 Å². The fraction of sp³-hybridized carbons (Fsp3) is 0.167. The summed E-state index contributed by atoms with van der Waals surface area (Å²) in [5, 5.41) is 0. The number of nitrogens with two attached hydrogens (primary N) is 1. The van der Waals surface area contributed by atoms with Crippen LogP contribution in [0.25, 0.3) is 10.4 Å². The third-order valence-electron chi connectivity index (χ3n) is 2.43. The Morgan fingerprint density at radius 1 is 1.56 bits per heavy atom. The van der Waals surface area contributed by atoms with E-state index < -0.39 is 11.9 Å². The maximum atomic E-state index is 13.8. The first kappa shape index (κ1) is 12.5. The highest BCUT2D eigenvalue weighted by atomic mass is 32.1. The molecule has 94 valence electrons. The normalized spacial score (nSPS) is 10.3. The summed E-state index contributed by atoms with van der Waals surface area (Å²) in [4.78, 5) is 15.5. The van der Waals surface area contributed by atoms with Gasteiger partial charge in [0.1, 0.15) is 12.4 Å². The van der Waals surface area contributed by atoms with Crippen LogP contribution in [0.15, 0.2) is 23.7 Å². The van der Waals surface area contributed by atoms with Crippen LogP contribution in [0.4, 0.5) is 9.18 Å². The van der Waals surface area contributed by atoms with Gasteiger partial charge in [0.05, 0.1) is 16.1 Å². The molecular weight excluding hydrogens is 255 g/mol. The van der Waals surface area contributed by atoms with Crippen LogP contribution in [0.5, 0.6) is 0 Å². The molecule has 0 atom stereocenters. The fourth-order valence-electron chi connectivity index (χ4n) is 1.53. The Labute approximate surface area is 107 Å². The van der Waals surface area contributed by atoms with Gasteiger partial charge in [-0.25, -0.2) is 14.2 Å². The number of rotatable bonds is 3. The van der Waals surface area contributed by atoms with Gasteiger partial charge in [-0.2, -0.15) is 0 Å². The lowest BCUT2D eigenvalue weighted by atomic mass is 10.1. The molecule has 2 rings (SSSR count). The molecule has 1 amide bonds. The van der Waals surface area contributed by atoms with Crippen LogP contribution >= 0.6 is 11.3 Å². The van der Waals surface area contributed by atoms with E-state index in [1.807, 2.05) is 6.92 Å². The molecule has 0 saturated carbocycles. The van der Waals surface area contributed by atoms with E-state index in [2.05, 4.69) is 9.72 Å². The molecule has 0 aliphatic heterocycles. The molecule has 0 radical (unpaired) electrons. The van der Waals surface area contributed by atoms with Gasteiger partial charge in [0.15, 0.2) is 0 Å². The highest BCUT2D eigenvalue weighted by Gasteiger charge is 2.09. The second kappa shape index (κ2) is 5.14. The van der Waals surface area contributed by atoms with Crippen LogP contribution in [0.3, 0.4) is 0 Å². The monoisotopic (exact) mass is 266 g/mol. The van der Waals surface area contributed by atoms with E-state index in [-0.39, 0.29) is 6.61 Å². The molecule has 0 bridgehead atoms. The van der Waals surface area contributed by atoms with Crippen molar-refractivity contribution >= 4 is 17.4 Å². The van der Waals surface area contributed by atoms with Gasteiger partial charge in [-0.15, -0.1) is 11.3 Å². The average Bonchev–Trinajstić information content (AvgIpc) is 2.73. The third kappa shape index (κ3) is 2.65. The zero-order valence-electron chi connectivity index (χ0n) is 9.64. The Bertz CT molecular complexity index is 583. The first-order valence-corrected chi connectivity index (χ1v) is 6.07. The summed E-state index contributed by atoms with van der Waals surface area (Å²) >= 11 is 1.45. The van der Waals surface area contributed by atoms with Crippen LogP contribution in [0.2, 0.25) is 0 Å². The number of thiazole rings is 1. The molecule has 18 heavy (non-hydrogen) atoms. The van der Waals surface area contributed by atoms with Crippen molar-refractivity contribution in [2.75, 3.05) is 0 Å². The van der Waals surface area contributed by atoms with Crippen molar-refractivity contribution in [3.05, 3.63) is 40.8 Å². The predicted molar refractivity (Wildman–Crippen MR) is 66.6 cm³/mol. The Hall–Kier alpha value is -1.95. The van der Waals surface area contributed by atoms with E-state index in [0.29, 0.717) is 5.56 Å². The first-order chi connectivity index (χ1) is 8.58. The van der Waals surface area contributed by atoms with Crippen LogP contribution in [0.1, 0.15) is 11.3 Å². The number of amides is 1. The zero-order chi connectivity index (χ0) is 13.1. The highest BCUT2D eigenvalue weighted by Crippen LogP contribution is 2.28. The number of carbonyl (C=O) groups excluding carboxylic acids is 1. The van der Waals surface area contributed by atoms with E-state index in [1.54, 1.807) is 17.6 Å². The second-order valence-electron chi connectivity index (χ2n) is 3.68. The van der Waals surface area contributed by atoms with Crippen LogP contribution < -0.4 is 5.73 Å². The van der Waals surface area contributed by atoms with Crippen molar-refractivity contribution in [2.24, 2.45) is 5.73 Å². The second-order valence-corrected chi connectivity index (χ2v) is 4.54. The number of aryl methyl sites for hydroxylation is 1. The predicted octanol–water partition coefficient (Wildman–Crippen LogP) is 2.85. The quantitative estimate of drug-likeness (QED) is 0.929. The lowest BCUT2D eigenvalue weighted by Gasteiger charge is -2.05. The van der Waals surface area contributed by atoms with Crippen molar-refractivity contribution in [3.8, 4) is 10.4 Å². The topological polar surface area (TPSA) is 65.2 Å². The average molecular weight is 266 g/mol. The van der Waals surface area contributed by atoms with Crippen LogP contribution in [-0.4, -0.2) is 11.1 Å². The molecule has 0 fully saturated rings. The maximum Gasteiger partial charge on any atom is 0.404 e. The molecular formula is C12H11FN2O2S. The summed E-state index contributed by atoms with van der Waals surface area (Å²) in [7, 11) is 0. The number of benzene rings is 1. The Kier molecular flexibility index (Phi) is 3.57. The molecule has 4 nitrogen and oxygen atoms in total. The minimum absolute atomic E-state index is 0.164. The molecule has 6 heteroatoms. The summed E-state index contributed by atoms with van der Waals surface area (Å²) in [5.41, 5.74) is 8.45. The lowest BCUT2D eigenvalue weighted by molar-refractivity contribution is 0.149. The first-order valence-electron chi connectivity index (χ1n) is 5.19. The summed E-state index contributed by atoms with van der Waals surface area (Å²) < 4.78 is 18.3. The largest absolute Gasteiger partial charge is 0.445 e. The number of primary amides is 1. The summed E-state index contributed by atoms with van der Waals surface area (Å²) in [5.74, 6) is -0.429. The fourth-order valence-corrected chi connectivity index (χ4v) is 2.34. The van der Waals surface area contributed by atoms with Crippen LogP contribution in [-0.2, 0) is 11.3 Å². The minimum atomic E-state index is -0.920. The molecule has 0 saturated heterocycles. The number of ether oxygens (including phenoxy) is 1. The zero-order valence-corrected chi connectivity index (χ0v) is 10.5. The van der Waals surface area contributed by atoms with Gasteiger partial charge in [-0.05, 0) is 18.6 Å². The number of nitrogens with zero attached hydrogens (tertiary/aromatic N) is 1. The molecule has 0 spiro atoms. The van der Waals surface area contributed by atoms with Crippen molar-refractivity contribution in [1.82, 2.24) is 4.98 Å². The van der Waals surface area contributed by atoms with Gasteiger partial charge in [0.2, 0.25) is 0 Å². The summed E-state index contributed by atoms with van der Waals surface area (Å²) in [6.45, 7) is 1.71. The summed E-state index contributed by atoms with van der Waals surface area (Å²) in [6.07, 6.45) is -0.920. The van der Waals surface area contributed by atoms with Gasteiger partial charge in [-0.3, -0.25) is 0 Å². The molecule has 2 aromatic rings. The van der Waals surface area contributed by atoms with Crippen molar-refractivity contribution in [1.29, 1.82) is 0 Å².